The van der Waals surface area contributed by atoms with Gasteiger partial charge in [-0.1, -0.05) is 30.3 Å². The summed E-state index contributed by atoms with van der Waals surface area (Å²) in [6.45, 7) is 5.81. The number of benzene rings is 2. The fraction of sp³-hybridized carbons (Fsp3) is 0.517. The summed E-state index contributed by atoms with van der Waals surface area (Å²) in [4.78, 5) is 26.8. The number of likely N-dealkylation sites (tertiary alicyclic amines) is 1. The van der Waals surface area contributed by atoms with Crippen LogP contribution in [-0.4, -0.2) is 43.3 Å². The van der Waals surface area contributed by atoms with Crippen LogP contribution in [0.2, 0.25) is 17.4 Å². The lowest BCUT2D eigenvalue weighted by atomic mass is 9.88. The van der Waals surface area contributed by atoms with Crippen LogP contribution in [0.15, 0.2) is 48.5 Å². The first-order valence-electron chi connectivity index (χ1n) is 13.2. The van der Waals surface area contributed by atoms with Crippen LogP contribution >= 0.6 is 0 Å². The number of ether oxygens (including phenoxy) is 2. The molecule has 2 amide bonds. The van der Waals surface area contributed by atoms with Gasteiger partial charge in [-0.15, -0.1) is 17.4 Å². The van der Waals surface area contributed by atoms with Gasteiger partial charge in [-0.3, -0.25) is 4.79 Å². The molecular formula is C29H36AlF6NO4. The van der Waals surface area contributed by atoms with E-state index >= 15 is 0 Å². The van der Waals surface area contributed by atoms with Crippen LogP contribution in [0.25, 0.3) is 0 Å². The molecule has 3 rings (SSSR count). The number of hydrogen-bond acceptors (Lipinski definition) is 4. The minimum atomic E-state index is -5.01. The molecule has 1 heterocycles. The Balaban J connectivity index is 0.00000138. The Morgan fingerprint density at radius 1 is 0.951 bits per heavy atom. The van der Waals surface area contributed by atoms with Gasteiger partial charge in [0.25, 0.3) is 14.1 Å². The number of hydrogen-bond donors (Lipinski definition) is 0. The van der Waals surface area contributed by atoms with E-state index in [9.17, 15) is 35.9 Å². The highest BCUT2D eigenvalue weighted by Crippen LogP contribution is 2.43. The van der Waals surface area contributed by atoms with Gasteiger partial charge in [0.2, 0.25) is 5.91 Å². The fourth-order valence-corrected chi connectivity index (χ4v) is 4.17. The Morgan fingerprint density at radius 3 is 1.88 bits per heavy atom. The first-order chi connectivity index (χ1) is 18.7. The second-order valence-corrected chi connectivity index (χ2v) is 15.1. The third-order valence-corrected chi connectivity index (χ3v) is 5.97. The van der Waals surface area contributed by atoms with Crippen LogP contribution in [0.5, 0.6) is 0 Å². The molecule has 1 aliphatic rings. The number of amides is 2. The molecule has 0 bridgehead atoms. The molecule has 1 aliphatic heterocycles. The third kappa shape index (κ3) is 9.48. The molecule has 1 fully saturated rings. The Bertz CT molecular complexity index is 1160. The van der Waals surface area contributed by atoms with Crippen molar-refractivity contribution in [2.24, 2.45) is 0 Å². The number of halogens is 6. The molecule has 0 radical (unpaired) electrons. The van der Waals surface area contributed by atoms with E-state index in [2.05, 4.69) is 17.4 Å². The minimum Gasteiger partial charge on any atom is -0.443 e. The van der Waals surface area contributed by atoms with Gasteiger partial charge < -0.3 is 9.47 Å². The molecule has 0 aliphatic carbocycles. The molecule has 41 heavy (non-hydrogen) atoms. The maximum Gasteiger partial charge on any atom is 0.417 e. The number of rotatable bonds is 5. The van der Waals surface area contributed by atoms with E-state index in [1.165, 1.54) is 6.92 Å². The molecule has 5 nitrogen and oxygen atoms in total. The molecule has 2 atom stereocenters. The molecule has 0 N–H and O–H groups in total. The summed E-state index contributed by atoms with van der Waals surface area (Å²) in [5, 5.41) is 0. The lowest BCUT2D eigenvalue weighted by Gasteiger charge is -2.38. The smallest absolute Gasteiger partial charge is 0.417 e. The van der Waals surface area contributed by atoms with Crippen LogP contribution in [0.4, 0.5) is 31.1 Å². The van der Waals surface area contributed by atoms with Crippen molar-refractivity contribution in [3.63, 3.8) is 0 Å². The molecule has 0 aromatic heterocycles. The number of imide groups is 1. The Morgan fingerprint density at radius 2 is 1.44 bits per heavy atom. The van der Waals surface area contributed by atoms with E-state index in [-0.39, 0.29) is 45.2 Å². The highest BCUT2D eigenvalue weighted by molar-refractivity contribution is 6.54. The average Bonchev–Trinajstić information content (AvgIpc) is 3.17. The second kappa shape index (κ2) is 13.2. The molecule has 12 heteroatoms. The number of carbonyl (C=O) groups is 2. The van der Waals surface area contributed by atoms with Crippen LogP contribution in [0, 0.1) is 0 Å². The molecule has 2 aromatic carbocycles. The first kappa shape index (κ1) is 34.7. The van der Waals surface area contributed by atoms with Crippen LogP contribution in [-0.2, 0) is 32.2 Å². The van der Waals surface area contributed by atoms with E-state index in [0.717, 1.165) is 4.90 Å². The predicted molar refractivity (Wildman–Crippen MR) is 145 cm³/mol. The fourth-order valence-electron chi connectivity index (χ4n) is 4.17. The summed E-state index contributed by atoms with van der Waals surface area (Å²) in [7, 11) is 0. The summed E-state index contributed by atoms with van der Waals surface area (Å²) in [6, 6.07) is 9.64. The zero-order valence-electron chi connectivity index (χ0n) is 24.2. The van der Waals surface area contributed by atoms with Crippen molar-refractivity contribution in [1.29, 1.82) is 0 Å². The Kier molecular flexibility index (Phi) is 11.1. The topological polar surface area (TPSA) is 55.8 Å². The van der Waals surface area contributed by atoms with Crippen molar-refractivity contribution in [3.05, 3.63) is 70.8 Å². The summed E-state index contributed by atoms with van der Waals surface area (Å²) in [6.07, 6.45) is -12.1. The summed E-state index contributed by atoms with van der Waals surface area (Å²) >= 11 is -0.139. The van der Waals surface area contributed by atoms with Gasteiger partial charge in [0.15, 0.2) is 0 Å². The summed E-state index contributed by atoms with van der Waals surface area (Å²) < 4.78 is 91.2. The lowest BCUT2D eigenvalue weighted by molar-refractivity contribution is -0.143. The third-order valence-electron chi connectivity index (χ3n) is 5.97. The number of alkyl halides is 6. The van der Waals surface area contributed by atoms with E-state index in [1.54, 1.807) is 51.1 Å². The van der Waals surface area contributed by atoms with Gasteiger partial charge in [0.05, 0.1) is 23.8 Å². The number of nitrogens with zero attached hydrogens (tertiary/aromatic N) is 1. The second-order valence-electron chi connectivity index (χ2n) is 11.6. The van der Waals surface area contributed by atoms with E-state index in [1.807, 2.05) is 0 Å². The van der Waals surface area contributed by atoms with Gasteiger partial charge in [0, 0.05) is 6.42 Å². The van der Waals surface area contributed by atoms with E-state index in [0.29, 0.717) is 17.7 Å². The molecule has 0 unspecified atom stereocenters. The quantitative estimate of drug-likeness (QED) is 0.254. The molecule has 0 saturated carbocycles. The van der Waals surface area contributed by atoms with Crippen molar-refractivity contribution in [2.75, 3.05) is 6.61 Å². The summed E-state index contributed by atoms with van der Waals surface area (Å²) in [5.74, 6) is 6.38. The van der Waals surface area contributed by atoms with Crippen molar-refractivity contribution in [3.8, 4) is 0 Å². The molecule has 0 spiro atoms. The Hall–Kier alpha value is -2.55. The standard InChI is InChI=1S/C26H27F6NO4.3CH3.Al/c1-16(17-12-19(25(27,28)29)14-20(13-17)26(30,31)32)36-15-24(18-8-6-5-7-9-18)11-10-21(34)33(24)22(35)37-23(2,3)4;;;;/h5-9,12-14,16H,10-11,15H2,1-4H3;3*1H3;/t16-,24-;;;;/m1..../s1. The van der Waals surface area contributed by atoms with Crippen molar-refractivity contribution < 1.29 is 45.4 Å². The van der Waals surface area contributed by atoms with Crippen molar-refractivity contribution in [1.82, 2.24) is 4.90 Å². The molecule has 2 aromatic rings. The van der Waals surface area contributed by atoms with Crippen LogP contribution in [0.1, 0.15) is 68.9 Å². The minimum absolute atomic E-state index is 0.0341. The first-order valence-corrected chi connectivity index (χ1v) is 16.7. The average molecular weight is 604 g/mol. The molecular weight excluding hydrogens is 567 g/mol. The largest absolute Gasteiger partial charge is 0.443 e. The summed E-state index contributed by atoms with van der Waals surface area (Å²) in [5.41, 5.74) is -5.06. The van der Waals surface area contributed by atoms with Crippen LogP contribution in [0.3, 0.4) is 0 Å². The zero-order chi connectivity index (χ0) is 31.4. The van der Waals surface area contributed by atoms with E-state index in [4.69, 9.17) is 9.47 Å². The maximum atomic E-state index is 13.3. The monoisotopic (exact) mass is 603 g/mol. The SMILES string of the molecule is C[C@@H](OC[C@@]1(c2ccccc2)CCC(=O)N1C(=O)OC(C)(C)C)c1cc(C(F)(F)F)cc(C(F)(F)F)c1.[CH3][Al]([CH3])[CH3]. The van der Waals surface area contributed by atoms with E-state index < -0.39 is 52.7 Å². The Labute approximate surface area is 241 Å². The normalized spacial score (nSPS) is 18.5. The highest BCUT2D eigenvalue weighted by Gasteiger charge is 2.52. The predicted octanol–water partition coefficient (Wildman–Crippen LogP) is 8.63. The van der Waals surface area contributed by atoms with Crippen molar-refractivity contribution >= 4 is 26.1 Å². The van der Waals surface area contributed by atoms with Gasteiger partial charge in [-0.2, -0.15) is 26.3 Å². The van der Waals surface area contributed by atoms with Gasteiger partial charge in [-0.05, 0) is 63.4 Å². The van der Waals surface area contributed by atoms with Gasteiger partial charge in [0.1, 0.15) is 11.1 Å². The molecule has 1 saturated heterocycles. The van der Waals surface area contributed by atoms with Crippen LogP contribution < -0.4 is 0 Å². The zero-order valence-corrected chi connectivity index (χ0v) is 25.4. The highest BCUT2D eigenvalue weighted by atomic mass is 27.2. The lowest BCUT2D eigenvalue weighted by Crippen LogP contribution is -2.51. The molecule has 226 valence electrons. The maximum absolute atomic E-state index is 13.3. The van der Waals surface area contributed by atoms with Gasteiger partial charge >= 0.3 is 18.4 Å². The van der Waals surface area contributed by atoms with Crippen molar-refractivity contribution in [2.45, 2.75) is 87.5 Å². The van der Waals surface area contributed by atoms with Gasteiger partial charge in [-0.25, -0.2) is 9.69 Å². The number of carbonyl (C=O) groups excluding carboxylic acids is 2.